The van der Waals surface area contributed by atoms with Gasteiger partial charge in [0, 0.05) is 6.42 Å². The van der Waals surface area contributed by atoms with Crippen molar-refractivity contribution in [2.24, 2.45) is 0 Å². The number of esters is 1. The highest BCUT2D eigenvalue weighted by atomic mass is 28.4. The van der Waals surface area contributed by atoms with Gasteiger partial charge in [0.05, 0.1) is 6.61 Å². The first kappa shape index (κ1) is 12.6. The molecule has 0 spiro atoms. The molecule has 0 fully saturated rings. The Morgan fingerprint density at radius 1 is 1.46 bits per heavy atom. The van der Waals surface area contributed by atoms with Gasteiger partial charge in [-0.3, -0.25) is 4.79 Å². The minimum Gasteiger partial charge on any atom is -0.466 e. The van der Waals surface area contributed by atoms with Gasteiger partial charge in [0.15, 0.2) is 0 Å². The van der Waals surface area contributed by atoms with Crippen LogP contribution in [0.3, 0.4) is 0 Å². The molecule has 0 heterocycles. The summed E-state index contributed by atoms with van der Waals surface area (Å²) in [5.41, 5.74) is 0. The number of carbonyl (C=O) groups excluding carboxylic acids is 1. The van der Waals surface area contributed by atoms with E-state index in [1.165, 1.54) is 0 Å². The van der Waals surface area contributed by atoms with Crippen LogP contribution in [0.1, 0.15) is 26.2 Å². The van der Waals surface area contributed by atoms with Crippen molar-refractivity contribution in [3.8, 4) is 0 Å². The maximum Gasteiger partial charge on any atom is 0.305 e. The monoisotopic (exact) mass is 206 g/mol. The predicted molar refractivity (Wildman–Crippen MR) is 53.9 cm³/mol. The topological polar surface area (TPSA) is 26.3 Å². The molecule has 0 N–H and O–H groups in total. The molecule has 78 valence electrons. The van der Waals surface area contributed by atoms with Crippen LogP contribution >= 0.6 is 0 Å². The van der Waals surface area contributed by atoms with Crippen LogP contribution in [0.4, 0.5) is 4.11 Å². The summed E-state index contributed by atoms with van der Waals surface area (Å²) in [5.74, 6) is -0.194. The molecule has 13 heavy (non-hydrogen) atoms. The van der Waals surface area contributed by atoms with Crippen molar-refractivity contribution in [1.82, 2.24) is 0 Å². The summed E-state index contributed by atoms with van der Waals surface area (Å²) in [6.45, 7) is 5.74. The fourth-order valence-corrected chi connectivity index (χ4v) is 1.96. The van der Waals surface area contributed by atoms with Crippen molar-refractivity contribution >= 4 is 14.4 Å². The summed E-state index contributed by atoms with van der Waals surface area (Å²) in [5, 5.41) is 0. The van der Waals surface area contributed by atoms with Crippen molar-refractivity contribution in [1.29, 1.82) is 0 Å². The van der Waals surface area contributed by atoms with E-state index in [0.29, 0.717) is 25.5 Å². The molecule has 0 rings (SSSR count). The Morgan fingerprint density at radius 2 is 2.08 bits per heavy atom. The zero-order chi connectivity index (χ0) is 10.3. The fourth-order valence-electron chi connectivity index (χ4n) is 0.941. The Bertz CT molecular complexity index is 154. The van der Waals surface area contributed by atoms with Crippen molar-refractivity contribution in [2.45, 2.75) is 45.3 Å². The van der Waals surface area contributed by atoms with Gasteiger partial charge in [-0.05, 0) is 32.0 Å². The molecule has 4 heteroatoms. The predicted octanol–water partition coefficient (Wildman–Crippen LogP) is 2.89. The van der Waals surface area contributed by atoms with E-state index in [1.807, 2.05) is 6.92 Å². The van der Waals surface area contributed by atoms with Gasteiger partial charge < -0.3 is 8.84 Å². The van der Waals surface area contributed by atoms with Gasteiger partial charge in [0.2, 0.25) is 8.41 Å². The van der Waals surface area contributed by atoms with E-state index in [-0.39, 0.29) is 5.97 Å². The van der Waals surface area contributed by atoms with Crippen LogP contribution in [0.25, 0.3) is 0 Å². The van der Waals surface area contributed by atoms with Crippen LogP contribution in [0.2, 0.25) is 19.1 Å². The van der Waals surface area contributed by atoms with Crippen LogP contribution in [0.15, 0.2) is 0 Å². The Balaban J connectivity index is 3.37. The van der Waals surface area contributed by atoms with E-state index in [1.54, 1.807) is 13.1 Å². The summed E-state index contributed by atoms with van der Waals surface area (Å²) < 4.78 is 17.9. The Morgan fingerprint density at radius 3 is 2.54 bits per heavy atom. The van der Waals surface area contributed by atoms with Crippen LogP contribution in [0, 0.1) is 0 Å². The first-order valence-corrected chi connectivity index (χ1v) is 7.89. The highest BCUT2D eigenvalue weighted by molar-refractivity contribution is 6.70. The Kier molecular flexibility index (Phi) is 5.95. The molecule has 0 aromatic carbocycles. The molecule has 0 saturated carbocycles. The van der Waals surface area contributed by atoms with Crippen molar-refractivity contribution < 1.29 is 13.6 Å². The molecule has 0 aliphatic rings. The van der Waals surface area contributed by atoms with Crippen molar-refractivity contribution in [2.75, 3.05) is 6.61 Å². The maximum atomic E-state index is 13.1. The third-order valence-electron chi connectivity index (χ3n) is 1.62. The Labute approximate surface area is 80.7 Å². The minimum absolute atomic E-state index is 0.194. The fraction of sp³-hybridized carbons (Fsp3) is 0.889. The highest BCUT2D eigenvalue weighted by Crippen LogP contribution is 2.14. The molecule has 0 aliphatic heterocycles. The number of halogens is 1. The lowest BCUT2D eigenvalue weighted by Crippen LogP contribution is -2.18. The van der Waals surface area contributed by atoms with Gasteiger partial charge in [-0.15, -0.1) is 0 Å². The molecule has 2 nitrogen and oxygen atoms in total. The second-order valence-electron chi connectivity index (χ2n) is 3.79. The van der Waals surface area contributed by atoms with Gasteiger partial charge in [-0.25, -0.2) is 0 Å². The molecule has 0 bridgehead atoms. The molecule has 0 aliphatic carbocycles. The smallest absolute Gasteiger partial charge is 0.305 e. The van der Waals surface area contributed by atoms with Crippen LogP contribution < -0.4 is 0 Å². The van der Waals surface area contributed by atoms with Gasteiger partial charge in [-0.2, -0.15) is 0 Å². The van der Waals surface area contributed by atoms with Crippen LogP contribution in [0.5, 0.6) is 0 Å². The number of hydrogen-bond acceptors (Lipinski definition) is 2. The van der Waals surface area contributed by atoms with E-state index < -0.39 is 8.41 Å². The van der Waals surface area contributed by atoms with Gasteiger partial charge in [0.25, 0.3) is 0 Å². The summed E-state index contributed by atoms with van der Waals surface area (Å²) in [6, 6.07) is 0.550. The molecular weight excluding hydrogens is 187 g/mol. The molecule has 0 aromatic heterocycles. The number of ether oxygens (including phenoxy) is 1. The number of hydrogen-bond donors (Lipinski definition) is 0. The molecule has 0 radical (unpaired) electrons. The minimum atomic E-state index is -2.46. The average Bonchev–Trinajstić information content (AvgIpc) is 1.98. The van der Waals surface area contributed by atoms with E-state index in [0.717, 1.165) is 6.42 Å². The second-order valence-corrected chi connectivity index (χ2v) is 7.73. The van der Waals surface area contributed by atoms with E-state index in [9.17, 15) is 8.90 Å². The SMILES string of the molecule is CCCOC(=O)CCC[Si](C)(C)F. The quantitative estimate of drug-likeness (QED) is 0.379. The molecule has 0 amide bonds. The molecular formula is C9H19FO2Si. The Hall–Kier alpha value is -0.383. The van der Waals surface area contributed by atoms with Crippen LogP contribution in [-0.4, -0.2) is 21.0 Å². The van der Waals surface area contributed by atoms with Crippen molar-refractivity contribution in [3.05, 3.63) is 0 Å². The average molecular weight is 206 g/mol. The lowest BCUT2D eigenvalue weighted by atomic mass is 10.3. The zero-order valence-electron chi connectivity index (χ0n) is 8.73. The maximum absolute atomic E-state index is 13.1. The highest BCUT2D eigenvalue weighted by Gasteiger charge is 2.19. The summed E-state index contributed by atoms with van der Waals surface area (Å²) in [7, 11) is -2.46. The van der Waals surface area contributed by atoms with E-state index in [4.69, 9.17) is 4.74 Å². The third kappa shape index (κ3) is 9.53. The summed E-state index contributed by atoms with van der Waals surface area (Å²) in [6.07, 6.45) is 1.83. The van der Waals surface area contributed by atoms with E-state index >= 15 is 0 Å². The van der Waals surface area contributed by atoms with Gasteiger partial charge in [0.1, 0.15) is 0 Å². The van der Waals surface area contributed by atoms with Crippen molar-refractivity contribution in [3.63, 3.8) is 0 Å². The number of carbonyl (C=O) groups is 1. The van der Waals surface area contributed by atoms with Crippen LogP contribution in [-0.2, 0) is 9.53 Å². The molecule has 0 unspecified atom stereocenters. The number of rotatable bonds is 6. The third-order valence-corrected chi connectivity index (χ3v) is 3.16. The normalized spacial score (nSPS) is 11.4. The van der Waals surface area contributed by atoms with Gasteiger partial charge >= 0.3 is 5.97 Å². The summed E-state index contributed by atoms with van der Waals surface area (Å²) in [4.78, 5) is 11.0. The molecule has 0 atom stereocenters. The molecule has 0 saturated heterocycles. The lowest BCUT2D eigenvalue weighted by Gasteiger charge is -2.09. The van der Waals surface area contributed by atoms with E-state index in [2.05, 4.69) is 0 Å². The summed E-state index contributed by atoms with van der Waals surface area (Å²) >= 11 is 0. The second kappa shape index (κ2) is 6.13. The first-order valence-electron chi connectivity index (χ1n) is 4.80. The largest absolute Gasteiger partial charge is 0.466 e. The lowest BCUT2D eigenvalue weighted by molar-refractivity contribution is -0.143. The molecule has 0 aromatic rings. The van der Waals surface area contributed by atoms with Gasteiger partial charge in [-0.1, -0.05) is 6.92 Å². The standard InChI is InChI=1S/C9H19FO2Si/c1-4-7-12-9(11)6-5-8-13(2,3)10/h4-8H2,1-3H3. The zero-order valence-corrected chi connectivity index (χ0v) is 9.73. The first-order chi connectivity index (χ1) is 5.95.